The molecule has 32 heavy (non-hydrogen) atoms. The highest BCUT2D eigenvalue weighted by Gasteiger charge is 2.10. The van der Waals surface area contributed by atoms with Gasteiger partial charge in [-0.05, 0) is 51.7 Å². The van der Waals surface area contributed by atoms with E-state index in [9.17, 15) is 4.79 Å². The predicted molar refractivity (Wildman–Crippen MR) is 142 cm³/mol. The zero-order chi connectivity index (χ0) is 22.2. The quantitative estimate of drug-likeness (QED) is 0.224. The maximum atomic E-state index is 12.0. The SMILES string of the molecule is CCNC(=NCc1cccc(NC(=O)CN(C)C)c1)NCc1oc2ccccc2c1C.I. The number of guanidine groups is 1. The normalized spacial score (nSPS) is 11.3. The van der Waals surface area contributed by atoms with E-state index < -0.39 is 0 Å². The van der Waals surface area contributed by atoms with Gasteiger partial charge < -0.3 is 25.3 Å². The minimum absolute atomic E-state index is 0. The van der Waals surface area contributed by atoms with E-state index in [0.29, 0.717) is 25.6 Å². The molecule has 0 aliphatic carbocycles. The molecule has 8 heteroatoms. The highest BCUT2D eigenvalue weighted by Crippen LogP contribution is 2.24. The molecule has 0 radical (unpaired) electrons. The Bertz CT molecular complexity index is 1060. The standard InChI is InChI=1S/C24H31N5O2.HI/c1-5-25-24(27-15-22-17(2)20-11-6-7-12-21(20)31-22)26-14-18-9-8-10-19(13-18)28-23(30)16-29(3)4;/h6-13H,5,14-16H2,1-4H3,(H,28,30)(H2,25,26,27);1H. The Balaban J connectivity index is 0.00000363. The molecule has 0 aliphatic rings. The Morgan fingerprint density at radius 3 is 2.59 bits per heavy atom. The maximum Gasteiger partial charge on any atom is 0.238 e. The van der Waals surface area contributed by atoms with Gasteiger partial charge in [-0.15, -0.1) is 24.0 Å². The Labute approximate surface area is 206 Å². The molecule has 0 aliphatic heterocycles. The van der Waals surface area contributed by atoms with Gasteiger partial charge in [0, 0.05) is 23.2 Å². The van der Waals surface area contributed by atoms with E-state index in [0.717, 1.165) is 40.1 Å². The zero-order valence-corrected chi connectivity index (χ0v) is 21.4. The summed E-state index contributed by atoms with van der Waals surface area (Å²) in [7, 11) is 3.74. The molecule has 7 nitrogen and oxygen atoms in total. The second-order valence-electron chi connectivity index (χ2n) is 7.68. The number of aliphatic imine (C=N–C) groups is 1. The summed E-state index contributed by atoms with van der Waals surface area (Å²) in [5, 5.41) is 10.7. The van der Waals surface area contributed by atoms with Gasteiger partial charge in [0.1, 0.15) is 11.3 Å². The van der Waals surface area contributed by atoms with Gasteiger partial charge >= 0.3 is 0 Å². The van der Waals surface area contributed by atoms with E-state index in [2.05, 4.69) is 33.9 Å². The monoisotopic (exact) mass is 549 g/mol. The largest absolute Gasteiger partial charge is 0.459 e. The van der Waals surface area contributed by atoms with Gasteiger partial charge in [0.25, 0.3) is 0 Å². The number of hydrogen-bond acceptors (Lipinski definition) is 4. The highest BCUT2D eigenvalue weighted by atomic mass is 127. The van der Waals surface area contributed by atoms with E-state index in [1.165, 1.54) is 0 Å². The Kier molecular flexibility index (Phi) is 9.98. The van der Waals surface area contributed by atoms with E-state index in [-0.39, 0.29) is 29.9 Å². The molecule has 0 spiro atoms. The molecular formula is C24H32IN5O2. The van der Waals surface area contributed by atoms with Crippen molar-refractivity contribution in [1.29, 1.82) is 0 Å². The number of halogens is 1. The second kappa shape index (κ2) is 12.4. The molecule has 0 atom stereocenters. The lowest BCUT2D eigenvalue weighted by Gasteiger charge is -2.12. The maximum absolute atomic E-state index is 12.0. The van der Waals surface area contributed by atoms with Crippen LogP contribution in [-0.4, -0.2) is 44.0 Å². The average molecular weight is 549 g/mol. The first-order chi connectivity index (χ1) is 15.0. The average Bonchev–Trinajstić information content (AvgIpc) is 3.05. The number of hydrogen-bond donors (Lipinski definition) is 3. The first-order valence-corrected chi connectivity index (χ1v) is 10.5. The predicted octanol–water partition coefficient (Wildman–Crippen LogP) is 4.11. The van der Waals surface area contributed by atoms with Crippen LogP contribution in [0.25, 0.3) is 11.0 Å². The number of amides is 1. The first-order valence-electron chi connectivity index (χ1n) is 10.5. The fourth-order valence-electron chi connectivity index (χ4n) is 3.30. The summed E-state index contributed by atoms with van der Waals surface area (Å²) in [6.07, 6.45) is 0. The molecule has 0 bridgehead atoms. The molecule has 0 unspecified atom stereocenters. The number of para-hydroxylation sites is 1. The topological polar surface area (TPSA) is 81.9 Å². The summed E-state index contributed by atoms with van der Waals surface area (Å²) in [5.41, 5.74) is 3.82. The molecule has 3 aromatic rings. The summed E-state index contributed by atoms with van der Waals surface area (Å²) in [5.74, 6) is 1.57. The van der Waals surface area contributed by atoms with Crippen molar-refractivity contribution in [3.05, 3.63) is 65.4 Å². The van der Waals surface area contributed by atoms with Crippen molar-refractivity contribution in [3.63, 3.8) is 0 Å². The third-order valence-electron chi connectivity index (χ3n) is 4.79. The van der Waals surface area contributed by atoms with Crippen molar-refractivity contribution < 1.29 is 9.21 Å². The number of likely N-dealkylation sites (N-methyl/N-ethyl adjacent to an activating group) is 1. The van der Waals surface area contributed by atoms with Gasteiger partial charge in [0.2, 0.25) is 5.91 Å². The van der Waals surface area contributed by atoms with Crippen molar-refractivity contribution in [2.24, 2.45) is 4.99 Å². The van der Waals surface area contributed by atoms with Crippen LogP contribution < -0.4 is 16.0 Å². The van der Waals surface area contributed by atoms with E-state index in [4.69, 9.17) is 4.42 Å². The van der Waals surface area contributed by atoms with E-state index in [1.54, 1.807) is 0 Å². The Hall–Kier alpha value is -2.59. The van der Waals surface area contributed by atoms with E-state index >= 15 is 0 Å². The molecule has 1 aromatic heterocycles. The molecule has 1 amide bonds. The van der Waals surface area contributed by atoms with Crippen LogP contribution in [0.4, 0.5) is 5.69 Å². The third kappa shape index (κ3) is 7.23. The van der Waals surface area contributed by atoms with Crippen molar-refractivity contribution in [1.82, 2.24) is 15.5 Å². The molecule has 172 valence electrons. The molecule has 0 saturated carbocycles. The Morgan fingerprint density at radius 2 is 1.88 bits per heavy atom. The molecule has 2 aromatic carbocycles. The van der Waals surface area contributed by atoms with Crippen molar-refractivity contribution >= 4 is 52.5 Å². The van der Waals surface area contributed by atoms with Gasteiger partial charge in [-0.3, -0.25) is 4.79 Å². The number of aryl methyl sites for hydroxylation is 1. The van der Waals surface area contributed by atoms with Gasteiger partial charge in [0.05, 0.1) is 19.6 Å². The number of nitrogens with zero attached hydrogens (tertiary/aromatic N) is 2. The lowest BCUT2D eigenvalue weighted by Crippen LogP contribution is -2.36. The van der Waals surface area contributed by atoms with Gasteiger partial charge in [-0.1, -0.05) is 30.3 Å². The highest BCUT2D eigenvalue weighted by molar-refractivity contribution is 14.0. The van der Waals surface area contributed by atoms with Gasteiger partial charge in [0.15, 0.2) is 5.96 Å². The van der Waals surface area contributed by atoms with Crippen LogP contribution in [0, 0.1) is 6.92 Å². The number of fused-ring (bicyclic) bond motifs is 1. The Morgan fingerprint density at radius 1 is 1.09 bits per heavy atom. The number of furan rings is 1. The zero-order valence-electron chi connectivity index (χ0n) is 19.1. The lowest BCUT2D eigenvalue weighted by atomic mass is 10.1. The van der Waals surface area contributed by atoms with Crippen molar-refractivity contribution in [2.45, 2.75) is 26.9 Å². The van der Waals surface area contributed by atoms with E-state index in [1.807, 2.05) is 68.4 Å². The van der Waals surface area contributed by atoms with Crippen molar-refractivity contribution in [3.8, 4) is 0 Å². The minimum Gasteiger partial charge on any atom is -0.459 e. The molecule has 0 fully saturated rings. The minimum atomic E-state index is -0.0399. The summed E-state index contributed by atoms with van der Waals surface area (Å²) >= 11 is 0. The number of carbonyl (C=O) groups is 1. The summed E-state index contributed by atoms with van der Waals surface area (Å²) in [6.45, 7) is 6.25. The third-order valence-corrected chi connectivity index (χ3v) is 4.79. The summed E-state index contributed by atoms with van der Waals surface area (Å²) < 4.78 is 5.98. The van der Waals surface area contributed by atoms with Crippen LogP contribution in [0.15, 0.2) is 57.9 Å². The molecule has 3 rings (SSSR count). The van der Waals surface area contributed by atoms with Crippen LogP contribution in [0.2, 0.25) is 0 Å². The molecule has 0 saturated heterocycles. The van der Waals surface area contributed by atoms with Crippen LogP contribution in [-0.2, 0) is 17.9 Å². The summed E-state index contributed by atoms with van der Waals surface area (Å²) in [4.78, 5) is 18.5. The number of benzene rings is 2. The fraction of sp³-hybridized carbons (Fsp3) is 0.333. The molecular weight excluding hydrogens is 517 g/mol. The van der Waals surface area contributed by atoms with Crippen LogP contribution in [0.3, 0.4) is 0 Å². The summed E-state index contributed by atoms with van der Waals surface area (Å²) in [6, 6.07) is 15.8. The molecule has 3 N–H and O–H groups in total. The number of rotatable bonds is 8. The molecule has 1 heterocycles. The van der Waals surface area contributed by atoms with Crippen LogP contribution in [0.1, 0.15) is 23.8 Å². The number of nitrogens with one attached hydrogen (secondary N) is 3. The van der Waals surface area contributed by atoms with Gasteiger partial charge in [-0.2, -0.15) is 0 Å². The van der Waals surface area contributed by atoms with Crippen molar-refractivity contribution in [2.75, 3.05) is 32.5 Å². The number of anilines is 1. The smallest absolute Gasteiger partial charge is 0.238 e. The fourth-order valence-corrected chi connectivity index (χ4v) is 3.30. The lowest BCUT2D eigenvalue weighted by molar-refractivity contribution is -0.116. The first kappa shape index (κ1) is 25.7. The van der Waals surface area contributed by atoms with Gasteiger partial charge in [-0.25, -0.2) is 4.99 Å². The second-order valence-corrected chi connectivity index (χ2v) is 7.68. The van der Waals surface area contributed by atoms with Crippen LogP contribution >= 0.6 is 24.0 Å². The number of carbonyl (C=O) groups excluding carboxylic acids is 1. The van der Waals surface area contributed by atoms with Crippen LogP contribution in [0.5, 0.6) is 0 Å².